The molecule has 0 aromatic carbocycles. The van der Waals surface area contributed by atoms with E-state index in [1.807, 2.05) is 6.20 Å². The Hall–Kier alpha value is -0.650. The lowest BCUT2D eigenvalue weighted by Crippen LogP contribution is -2.35. The summed E-state index contributed by atoms with van der Waals surface area (Å²) in [5.41, 5.74) is 5.63. The van der Waals surface area contributed by atoms with Crippen LogP contribution in [0.25, 0.3) is 0 Å². The van der Waals surface area contributed by atoms with Crippen LogP contribution in [-0.2, 0) is 6.54 Å². The molecule has 4 nitrogen and oxygen atoms in total. The summed E-state index contributed by atoms with van der Waals surface area (Å²) >= 11 is 1.75. The molecule has 3 heterocycles. The zero-order chi connectivity index (χ0) is 11.7. The molecule has 1 aromatic rings. The van der Waals surface area contributed by atoms with E-state index >= 15 is 0 Å². The van der Waals surface area contributed by atoms with E-state index in [1.165, 1.54) is 37.2 Å². The summed E-state index contributed by atoms with van der Waals surface area (Å²) in [7, 11) is 0. The quantitative estimate of drug-likeness (QED) is 0.880. The van der Waals surface area contributed by atoms with Crippen molar-refractivity contribution in [2.75, 3.05) is 31.1 Å². The van der Waals surface area contributed by atoms with Gasteiger partial charge in [0.25, 0.3) is 0 Å². The summed E-state index contributed by atoms with van der Waals surface area (Å²) in [4.78, 5) is 10.7. The van der Waals surface area contributed by atoms with E-state index in [0.717, 1.165) is 24.3 Å². The second-order valence-electron chi connectivity index (χ2n) is 4.94. The largest absolute Gasteiger partial charge is 0.346 e. The van der Waals surface area contributed by atoms with E-state index in [1.54, 1.807) is 11.3 Å². The van der Waals surface area contributed by atoms with Crippen LogP contribution in [0.4, 0.5) is 5.13 Å². The van der Waals surface area contributed by atoms with Gasteiger partial charge in [0.05, 0.1) is 0 Å². The molecular formula is C12H20N4S. The van der Waals surface area contributed by atoms with Gasteiger partial charge in [-0.3, -0.25) is 4.90 Å². The van der Waals surface area contributed by atoms with Crippen molar-refractivity contribution in [3.05, 3.63) is 11.1 Å². The Morgan fingerprint density at radius 1 is 1.35 bits per heavy atom. The van der Waals surface area contributed by atoms with Crippen LogP contribution in [0.5, 0.6) is 0 Å². The van der Waals surface area contributed by atoms with Gasteiger partial charge in [-0.05, 0) is 32.4 Å². The summed E-state index contributed by atoms with van der Waals surface area (Å²) < 4.78 is 0. The highest BCUT2D eigenvalue weighted by Crippen LogP contribution is 2.28. The zero-order valence-electron chi connectivity index (χ0n) is 10.1. The number of aromatic nitrogens is 1. The van der Waals surface area contributed by atoms with E-state index in [0.29, 0.717) is 6.54 Å². The molecule has 1 unspecified atom stereocenters. The van der Waals surface area contributed by atoms with E-state index in [-0.39, 0.29) is 0 Å². The third-order valence-corrected chi connectivity index (χ3v) is 4.91. The molecule has 3 rings (SSSR count). The van der Waals surface area contributed by atoms with E-state index in [9.17, 15) is 0 Å². The SMILES string of the molecule is NCc1cnc(N2CCC(N3CCCC3)C2)s1. The Balaban J connectivity index is 1.62. The van der Waals surface area contributed by atoms with Crippen molar-refractivity contribution in [1.29, 1.82) is 0 Å². The lowest BCUT2D eigenvalue weighted by Gasteiger charge is -2.23. The molecule has 2 saturated heterocycles. The second-order valence-corrected chi connectivity index (χ2v) is 6.04. The standard InChI is InChI=1S/C12H20N4S/c13-7-11-8-14-12(17-11)16-6-3-10(9-16)15-4-1-2-5-15/h8,10H,1-7,9,13H2. The maximum Gasteiger partial charge on any atom is 0.185 e. The van der Waals surface area contributed by atoms with Crippen molar-refractivity contribution in [2.45, 2.75) is 31.8 Å². The first-order valence-corrected chi connectivity index (χ1v) is 7.32. The highest BCUT2D eigenvalue weighted by molar-refractivity contribution is 7.15. The normalized spacial score (nSPS) is 25.9. The third kappa shape index (κ3) is 2.32. The minimum absolute atomic E-state index is 0.612. The van der Waals surface area contributed by atoms with Gasteiger partial charge in [-0.1, -0.05) is 0 Å². The Kier molecular flexibility index (Phi) is 3.31. The van der Waals surface area contributed by atoms with E-state index < -0.39 is 0 Å². The number of anilines is 1. The lowest BCUT2D eigenvalue weighted by molar-refractivity contribution is 0.260. The molecule has 2 fully saturated rings. The molecule has 0 bridgehead atoms. The Morgan fingerprint density at radius 3 is 2.88 bits per heavy atom. The average molecular weight is 252 g/mol. The minimum atomic E-state index is 0.612. The molecule has 0 amide bonds. The molecule has 0 aliphatic carbocycles. The van der Waals surface area contributed by atoms with E-state index in [4.69, 9.17) is 5.73 Å². The maximum absolute atomic E-state index is 5.63. The maximum atomic E-state index is 5.63. The van der Waals surface area contributed by atoms with Crippen LogP contribution < -0.4 is 10.6 Å². The summed E-state index contributed by atoms with van der Waals surface area (Å²) in [5, 5.41) is 1.16. The highest BCUT2D eigenvalue weighted by atomic mass is 32.1. The zero-order valence-corrected chi connectivity index (χ0v) is 11.0. The summed E-state index contributed by atoms with van der Waals surface area (Å²) in [6.07, 6.45) is 5.97. The van der Waals surface area contributed by atoms with Crippen LogP contribution in [-0.4, -0.2) is 42.1 Å². The van der Waals surface area contributed by atoms with Gasteiger partial charge in [0, 0.05) is 36.8 Å². The van der Waals surface area contributed by atoms with Crippen LogP contribution >= 0.6 is 11.3 Å². The molecule has 2 aliphatic heterocycles. The fourth-order valence-electron chi connectivity index (χ4n) is 2.86. The van der Waals surface area contributed by atoms with Crippen LogP contribution in [0.3, 0.4) is 0 Å². The number of hydrogen-bond donors (Lipinski definition) is 1. The van der Waals surface area contributed by atoms with Crippen molar-refractivity contribution in [3.63, 3.8) is 0 Å². The second kappa shape index (κ2) is 4.92. The Bertz CT molecular complexity index is 372. The molecule has 0 spiro atoms. The summed E-state index contributed by atoms with van der Waals surface area (Å²) in [5.74, 6) is 0. The number of hydrogen-bond acceptors (Lipinski definition) is 5. The molecule has 17 heavy (non-hydrogen) atoms. The summed E-state index contributed by atoms with van der Waals surface area (Å²) in [6, 6.07) is 0.753. The Labute approximate surface area is 106 Å². The number of likely N-dealkylation sites (tertiary alicyclic amines) is 1. The molecule has 2 aliphatic rings. The van der Waals surface area contributed by atoms with Crippen molar-refractivity contribution in [1.82, 2.24) is 9.88 Å². The van der Waals surface area contributed by atoms with Crippen LogP contribution in [0.15, 0.2) is 6.20 Å². The number of thiazole rings is 1. The predicted octanol–water partition coefficient (Wildman–Crippen LogP) is 1.28. The first-order chi connectivity index (χ1) is 8.36. The smallest absolute Gasteiger partial charge is 0.185 e. The molecule has 0 radical (unpaired) electrons. The third-order valence-electron chi connectivity index (χ3n) is 3.83. The first-order valence-electron chi connectivity index (χ1n) is 6.50. The van der Waals surface area contributed by atoms with Crippen molar-refractivity contribution >= 4 is 16.5 Å². The van der Waals surface area contributed by atoms with Gasteiger partial charge in [-0.15, -0.1) is 11.3 Å². The van der Waals surface area contributed by atoms with Crippen LogP contribution in [0, 0.1) is 0 Å². The van der Waals surface area contributed by atoms with Crippen LogP contribution in [0.2, 0.25) is 0 Å². The van der Waals surface area contributed by atoms with Gasteiger partial charge in [-0.2, -0.15) is 0 Å². The molecule has 94 valence electrons. The molecular weight excluding hydrogens is 232 g/mol. The van der Waals surface area contributed by atoms with Crippen molar-refractivity contribution in [3.8, 4) is 0 Å². The first kappa shape index (κ1) is 11.4. The van der Waals surface area contributed by atoms with Crippen molar-refractivity contribution in [2.24, 2.45) is 5.73 Å². The van der Waals surface area contributed by atoms with Crippen molar-refractivity contribution < 1.29 is 0 Å². The van der Waals surface area contributed by atoms with Gasteiger partial charge in [0.1, 0.15) is 0 Å². The summed E-state index contributed by atoms with van der Waals surface area (Å²) in [6.45, 7) is 5.51. The lowest BCUT2D eigenvalue weighted by atomic mass is 10.2. The molecule has 1 atom stereocenters. The van der Waals surface area contributed by atoms with Crippen LogP contribution in [0.1, 0.15) is 24.1 Å². The monoisotopic (exact) mass is 252 g/mol. The topological polar surface area (TPSA) is 45.4 Å². The molecule has 5 heteroatoms. The van der Waals surface area contributed by atoms with Gasteiger partial charge in [0.15, 0.2) is 5.13 Å². The molecule has 2 N–H and O–H groups in total. The minimum Gasteiger partial charge on any atom is -0.346 e. The predicted molar refractivity (Wildman–Crippen MR) is 71.4 cm³/mol. The average Bonchev–Trinajstić information content (AvgIpc) is 3.09. The Morgan fingerprint density at radius 2 is 2.18 bits per heavy atom. The molecule has 0 saturated carbocycles. The number of nitrogens with two attached hydrogens (primary N) is 1. The molecule has 1 aromatic heterocycles. The number of nitrogens with zero attached hydrogens (tertiary/aromatic N) is 3. The fraction of sp³-hybridized carbons (Fsp3) is 0.750. The van der Waals surface area contributed by atoms with Gasteiger partial charge >= 0.3 is 0 Å². The highest BCUT2D eigenvalue weighted by Gasteiger charge is 2.30. The van der Waals surface area contributed by atoms with Gasteiger partial charge in [-0.25, -0.2) is 4.98 Å². The van der Waals surface area contributed by atoms with Gasteiger partial charge < -0.3 is 10.6 Å². The number of rotatable bonds is 3. The fourth-order valence-corrected chi connectivity index (χ4v) is 3.68. The van der Waals surface area contributed by atoms with E-state index in [2.05, 4.69) is 14.8 Å². The van der Waals surface area contributed by atoms with Gasteiger partial charge in [0.2, 0.25) is 0 Å².